The van der Waals surface area contributed by atoms with Crippen LogP contribution in [0.3, 0.4) is 0 Å². The smallest absolute Gasteiger partial charge is 0.0200 e. The van der Waals surface area contributed by atoms with Crippen LogP contribution < -0.4 is 5.32 Å². The van der Waals surface area contributed by atoms with Gasteiger partial charge in [-0.3, -0.25) is 0 Å². The summed E-state index contributed by atoms with van der Waals surface area (Å²) < 4.78 is 0. The van der Waals surface area contributed by atoms with Crippen molar-refractivity contribution in [2.24, 2.45) is 11.3 Å². The van der Waals surface area contributed by atoms with E-state index in [1.807, 2.05) is 0 Å². The van der Waals surface area contributed by atoms with Crippen LogP contribution in [0, 0.1) is 11.3 Å². The normalized spacial score (nSPS) is 38.5. The first-order valence-electron chi connectivity index (χ1n) is 8.73. The number of hydrogen-bond donors (Lipinski definition) is 1. The van der Waals surface area contributed by atoms with Gasteiger partial charge in [0.1, 0.15) is 0 Å². The highest BCUT2D eigenvalue weighted by molar-refractivity contribution is 4.96. The Morgan fingerprint density at radius 2 is 1.95 bits per heavy atom. The van der Waals surface area contributed by atoms with Crippen LogP contribution in [0.25, 0.3) is 0 Å². The van der Waals surface area contributed by atoms with Gasteiger partial charge in [-0.25, -0.2) is 0 Å². The molecule has 110 valence electrons. The van der Waals surface area contributed by atoms with Gasteiger partial charge in [0.25, 0.3) is 0 Å². The average Bonchev–Trinajstić information content (AvgIpc) is 3.03. The summed E-state index contributed by atoms with van der Waals surface area (Å²) in [6.07, 6.45) is 11.5. The van der Waals surface area contributed by atoms with Crippen LogP contribution in [0.2, 0.25) is 0 Å². The van der Waals surface area contributed by atoms with E-state index in [2.05, 4.69) is 24.1 Å². The summed E-state index contributed by atoms with van der Waals surface area (Å²) in [6, 6.07) is 1.65. The summed E-state index contributed by atoms with van der Waals surface area (Å²) in [5.74, 6) is 1.00. The lowest BCUT2D eigenvalue weighted by Crippen LogP contribution is -2.40. The number of nitrogens with one attached hydrogen (secondary N) is 1. The first-order valence-corrected chi connectivity index (χ1v) is 8.73. The molecule has 3 unspecified atom stereocenters. The molecule has 0 aromatic carbocycles. The van der Waals surface area contributed by atoms with Gasteiger partial charge >= 0.3 is 0 Å². The second-order valence-electron chi connectivity index (χ2n) is 7.44. The minimum Gasteiger partial charge on any atom is -0.310 e. The molecule has 0 spiro atoms. The van der Waals surface area contributed by atoms with E-state index in [1.54, 1.807) is 0 Å². The number of fused-ring (bicyclic) bond motifs is 1. The van der Waals surface area contributed by atoms with E-state index in [4.69, 9.17) is 0 Å². The molecule has 2 heteroatoms. The lowest BCUT2D eigenvalue weighted by Gasteiger charge is -2.27. The summed E-state index contributed by atoms with van der Waals surface area (Å²) in [4.78, 5) is 2.75. The molecule has 3 atom stereocenters. The second kappa shape index (κ2) is 5.73. The molecule has 1 N–H and O–H groups in total. The predicted octanol–water partition coefficient (Wildman–Crippen LogP) is 3.42. The molecule has 0 bridgehead atoms. The van der Waals surface area contributed by atoms with Crippen molar-refractivity contribution < 1.29 is 0 Å². The van der Waals surface area contributed by atoms with Crippen LogP contribution in [0.4, 0.5) is 0 Å². The van der Waals surface area contributed by atoms with E-state index in [0.29, 0.717) is 5.41 Å². The fourth-order valence-corrected chi connectivity index (χ4v) is 4.90. The summed E-state index contributed by atoms with van der Waals surface area (Å²) in [7, 11) is 0. The van der Waals surface area contributed by atoms with Crippen molar-refractivity contribution in [2.75, 3.05) is 19.6 Å². The Hall–Kier alpha value is -0.0800. The second-order valence-corrected chi connectivity index (χ2v) is 7.44. The molecular formula is C17H32N2. The monoisotopic (exact) mass is 264 g/mol. The molecule has 0 aromatic heterocycles. The number of hydrogen-bond acceptors (Lipinski definition) is 2. The maximum Gasteiger partial charge on any atom is 0.0200 e. The van der Waals surface area contributed by atoms with E-state index in [9.17, 15) is 0 Å². The Morgan fingerprint density at radius 1 is 1.16 bits per heavy atom. The van der Waals surface area contributed by atoms with Crippen molar-refractivity contribution in [3.8, 4) is 0 Å². The molecule has 2 heterocycles. The zero-order valence-electron chi connectivity index (χ0n) is 13.0. The number of rotatable bonds is 4. The first kappa shape index (κ1) is 13.9. The van der Waals surface area contributed by atoms with E-state index < -0.39 is 0 Å². The molecule has 19 heavy (non-hydrogen) atoms. The van der Waals surface area contributed by atoms with Crippen molar-refractivity contribution in [2.45, 2.75) is 77.3 Å². The van der Waals surface area contributed by atoms with Gasteiger partial charge < -0.3 is 10.2 Å². The molecule has 2 saturated heterocycles. The molecule has 0 radical (unpaired) electrons. The molecule has 2 aliphatic heterocycles. The Kier molecular flexibility index (Phi) is 4.19. The fourth-order valence-electron chi connectivity index (χ4n) is 4.90. The van der Waals surface area contributed by atoms with Crippen LogP contribution in [-0.4, -0.2) is 36.6 Å². The molecule has 3 fully saturated rings. The highest BCUT2D eigenvalue weighted by atomic mass is 15.2. The van der Waals surface area contributed by atoms with Crippen molar-refractivity contribution in [1.29, 1.82) is 0 Å². The van der Waals surface area contributed by atoms with Crippen molar-refractivity contribution in [3.63, 3.8) is 0 Å². The third-order valence-electron chi connectivity index (χ3n) is 6.44. The fraction of sp³-hybridized carbons (Fsp3) is 1.00. The minimum absolute atomic E-state index is 0.644. The van der Waals surface area contributed by atoms with Crippen LogP contribution in [0.15, 0.2) is 0 Å². The van der Waals surface area contributed by atoms with Crippen LogP contribution in [0.1, 0.15) is 65.2 Å². The molecule has 2 nitrogen and oxygen atoms in total. The largest absolute Gasteiger partial charge is 0.310 e. The molecule has 0 aromatic rings. The first-order chi connectivity index (χ1) is 9.24. The summed E-state index contributed by atoms with van der Waals surface area (Å²) in [5.41, 5.74) is 0.644. The average molecular weight is 264 g/mol. The van der Waals surface area contributed by atoms with Gasteiger partial charge in [0.2, 0.25) is 0 Å². The van der Waals surface area contributed by atoms with Crippen LogP contribution in [0.5, 0.6) is 0 Å². The topological polar surface area (TPSA) is 15.3 Å². The summed E-state index contributed by atoms with van der Waals surface area (Å²) in [5, 5.41) is 3.94. The quantitative estimate of drug-likeness (QED) is 0.837. The highest BCUT2D eigenvalue weighted by Crippen LogP contribution is 2.38. The van der Waals surface area contributed by atoms with Gasteiger partial charge in [0.15, 0.2) is 0 Å². The predicted molar refractivity (Wildman–Crippen MR) is 81.4 cm³/mol. The van der Waals surface area contributed by atoms with E-state index in [0.717, 1.165) is 18.0 Å². The van der Waals surface area contributed by atoms with E-state index in [1.165, 1.54) is 71.0 Å². The Balaban J connectivity index is 1.50. The molecular weight excluding hydrogens is 232 g/mol. The van der Waals surface area contributed by atoms with Gasteiger partial charge in [-0.1, -0.05) is 26.7 Å². The molecule has 1 aliphatic carbocycles. The zero-order chi connectivity index (χ0) is 13.3. The van der Waals surface area contributed by atoms with Crippen LogP contribution in [-0.2, 0) is 0 Å². The third-order valence-corrected chi connectivity index (χ3v) is 6.44. The molecule has 3 rings (SSSR count). The van der Waals surface area contributed by atoms with Crippen molar-refractivity contribution >= 4 is 0 Å². The number of likely N-dealkylation sites (tertiary alicyclic amines) is 1. The van der Waals surface area contributed by atoms with Crippen molar-refractivity contribution in [3.05, 3.63) is 0 Å². The van der Waals surface area contributed by atoms with Gasteiger partial charge in [-0.2, -0.15) is 0 Å². The van der Waals surface area contributed by atoms with Gasteiger partial charge in [-0.15, -0.1) is 0 Å². The summed E-state index contributed by atoms with van der Waals surface area (Å²) >= 11 is 0. The minimum atomic E-state index is 0.644. The van der Waals surface area contributed by atoms with Gasteiger partial charge in [-0.05, 0) is 56.4 Å². The Morgan fingerprint density at radius 3 is 2.63 bits per heavy atom. The molecule has 0 amide bonds. The van der Waals surface area contributed by atoms with Gasteiger partial charge in [0, 0.05) is 25.2 Å². The molecule has 3 aliphatic rings. The summed E-state index contributed by atoms with van der Waals surface area (Å²) in [6.45, 7) is 8.78. The lowest BCUT2D eigenvalue weighted by molar-refractivity contribution is 0.227. The highest BCUT2D eigenvalue weighted by Gasteiger charge is 2.39. The lowest BCUT2D eigenvalue weighted by atomic mass is 9.82. The van der Waals surface area contributed by atoms with E-state index in [-0.39, 0.29) is 0 Å². The Labute approximate surface area is 119 Å². The standard InChI is InChI=1S/C17H32N2/c1-3-17(4-2)9-10-19(13-17)12-15-11-14-7-5-6-8-16(14)18-15/h14-16,18H,3-13H2,1-2H3. The van der Waals surface area contributed by atoms with Crippen LogP contribution >= 0.6 is 0 Å². The maximum absolute atomic E-state index is 3.94. The molecule has 1 saturated carbocycles. The Bertz CT molecular complexity index is 284. The van der Waals surface area contributed by atoms with Gasteiger partial charge in [0.05, 0.1) is 0 Å². The third kappa shape index (κ3) is 2.85. The zero-order valence-corrected chi connectivity index (χ0v) is 13.0. The van der Waals surface area contributed by atoms with E-state index >= 15 is 0 Å². The van der Waals surface area contributed by atoms with Crippen molar-refractivity contribution in [1.82, 2.24) is 10.2 Å². The maximum atomic E-state index is 3.94. The SMILES string of the molecule is CCC1(CC)CCN(CC2CC3CCCCC3N2)C1. The number of nitrogens with zero attached hydrogens (tertiary/aromatic N) is 1.